The number of fused-ring (bicyclic) bond motifs is 1. The van der Waals surface area contributed by atoms with Crippen molar-refractivity contribution in [1.82, 2.24) is 14.5 Å². The molecule has 3 rings (SSSR count). The van der Waals surface area contributed by atoms with Gasteiger partial charge < -0.3 is 5.73 Å². The van der Waals surface area contributed by atoms with Crippen LogP contribution < -0.4 is 11.3 Å². The minimum atomic E-state index is -0.0898. The van der Waals surface area contributed by atoms with Crippen LogP contribution in [-0.4, -0.2) is 14.5 Å². The van der Waals surface area contributed by atoms with Crippen LogP contribution in [0.4, 0.5) is 5.95 Å². The van der Waals surface area contributed by atoms with Crippen molar-refractivity contribution in [3.63, 3.8) is 0 Å². The Hall–Kier alpha value is -1.56. The first kappa shape index (κ1) is 11.5. The minimum absolute atomic E-state index is 0.0898. The topological polar surface area (TPSA) is 73.8 Å². The highest BCUT2D eigenvalue weighted by molar-refractivity contribution is 7.80. The fraction of sp³-hybridized carbons (Fsp3) is 0.417. The first-order valence-corrected chi connectivity index (χ1v) is 6.41. The highest BCUT2D eigenvalue weighted by Crippen LogP contribution is 2.33. The molecule has 0 aromatic carbocycles. The Morgan fingerprint density at radius 2 is 2.17 bits per heavy atom. The second-order valence-corrected chi connectivity index (χ2v) is 5.18. The number of pyridine rings is 1. The fourth-order valence-electron chi connectivity index (χ4n) is 2.34. The first-order valence-electron chi connectivity index (χ1n) is 5.96. The molecule has 0 spiro atoms. The molecule has 94 valence electrons. The molecule has 2 N–H and O–H groups in total. The Morgan fingerprint density at radius 3 is 2.78 bits per heavy atom. The third-order valence-electron chi connectivity index (χ3n) is 3.52. The zero-order valence-electron chi connectivity index (χ0n) is 10.1. The van der Waals surface area contributed by atoms with Crippen LogP contribution in [0.5, 0.6) is 0 Å². The van der Waals surface area contributed by atoms with Crippen molar-refractivity contribution in [3.8, 4) is 0 Å². The molecule has 0 aliphatic heterocycles. The van der Waals surface area contributed by atoms with Crippen molar-refractivity contribution in [2.75, 3.05) is 5.73 Å². The molecule has 1 aliphatic carbocycles. The van der Waals surface area contributed by atoms with Gasteiger partial charge in [0.1, 0.15) is 5.65 Å². The van der Waals surface area contributed by atoms with Gasteiger partial charge in [0.05, 0.1) is 10.6 Å². The Balaban J connectivity index is 2.43. The van der Waals surface area contributed by atoms with Gasteiger partial charge in [0.2, 0.25) is 5.95 Å². The Bertz CT molecular complexity index is 691. The van der Waals surface area contributed by atoms with Gasteiger partial charge in [0.25, 0.3) is 5.56 Å². The molecule has 6 heteroatoms. The zero-order valence-corrected chi connectivity index (χ0v) is 10.9. The highest BCUT2D eigenvalue weighted by atomic mass is 32.1. The van der Waals surface area contributed by atoms with Crippen LogP contribution in [0, 0.1) is 6.92 Å². The number of thiol groups is 1. The van der Waals surface area contributed by atoms with Crippen LogP contribution in [-0.2, 0) is 0 Å². The van der Waals surface area contributed by atoms with Gasteiger partial charge in [-0.25, -0.2) is 4.98 Å². The predicted molar refractivity (Wildman–Crippen MR) is 73.1 cm³/mol. The summed E-state index contributed by atoms with van der Waals surface area (Å²) in [4.78, 5) is 21.0. The molecule has 2 aromatic heterocycles. The number of anilines is 1. The first-order chi connectivity index (χ1) is 8.58. The van der Waals surface area contributed by atoms with Crippen LogP contribution in [0.1, 0.15) is 31.0 Å². The average molecular weight is 262 g/mol. The number of nitrogens with two attached hydrogens (primary N) is 1. The monoisotopic (exact) mass is 262 g/mol. The van der Waals surface area contributed by atoms with E-state index in [1.807, 2.05) is 6.92 Å². The second kappa shape index (κ2) is 3.98. The molecule has 18 heavy (non-hydrogen) atoms. The molecule has 1 aliphatic rings. The molecule has 0 atom stereocenters. The Morgan fingerprint density at radius 1 is 1.44 bits per heavy atom. The van der Waals surface area contributed by atoms with Gasteiger partial charge in [0, 0.05) is 11.4 Å². The molecule has 5 nitrogen and oxygen atoms in total. The van der Waals surface area contributed by atoms with E-state index in [0.29, 0.717) is 10.5 Å². The summed E-state index contributed by atoms with van der Waals surface area (Å²) in [6.45, 7) is 1.86. The van der Waals surface area contributed by atoms with Crippen LogP contribution in [0.2, 0.25) is 0 Å². The van der Waals surface area contributed by atoms with Crippen molar-refractivity contribution in [2.45, 2.75) is 37.1 Å². The maximum atomic E-state index is 12.2. The molecule has 0 unspecified atom stereocenters. The maximum Gasteiger partial charge on any atom is 0.265 e. The van der Waals surface area contributed by atoms with Crippen LogP contribution >= 0.6 is 12.6 Å². The van der Waals surface area contributed by atoms with Gasteiger partial charge in [-0.3, -0.25) is 9.36 Å². The van der Waals surface area contributed by atoms with E-state index in [0.717, 1.165) is 30.3 Å². The van der Waals surface area contributed by atoms with Crippen molar-refractivity contribution in [3.05, 3.63) is 22.1 Å². The van der Waals surface area contributed by atoms with Gasteiger partial charge in [0.15, 0.2) is 0 Å². The summed E-state index contributed by atoms with van der Waals surface area (Å²) < 4.78 is 1.73. The lowest BCUT2D eigenvalue weighted by Crippen LogP contribution is -2.30. The summed E-state index contributed by atoms with van der Waals surface area (Å²) >= 11 is 4.25. The Kier molecular flexibility index (Phi) is 2.55. The van der Waals surface area contributed by atoms with Crippen molar-refractivity contribution < 1.29 is 0 Å². The molecule has 2 heterocycles. The maximum absolute atomic E-state index is 12.2. The summed E-state index contributed by atoms with van der Waals surface area (Å²) in [5, 5.41) is 0.848. The molecule has 1 fully saturated rings. The van der Waals surface area contributed by atoms with E-state index in [1.54, 1.807) is 10.6 Å². The van der Waals surface area contributed by atoms with E-state index in [1.165, 1.54) is 0 Å². The van der Waals surface area contributed by atoms with Crippen LogP contribution in [0.15, 0.2) is 15.8 Å². The number of aromatic nitrogens is 3. The number of rotatable bonds is 1. The molecular formula is C12H14N4OS. The van der Waals surface area contributed by atoms with Gasteiger partial charge in [-0.05, 0) is 32.3 Å². The van der Waals surface area contributed by atoms with Gasteiger partial charge in [-0.2, -0.15) is 4.98 Å². The lowest BCUT2D eigenvalue weighted by atomic mass is 9.92. The minimum Gasteiger partial charge on any atom is -0.368 e. The van der Waals surface area contributed by atoms with Gasteiger partial charge in [-0.15, -0.1) is 12.6 Å². The third-order valence-corrected chi connectivity index (χ3v) is 3.84. The largest absolute Gasteiger partial charge is 0.368 e. The smallest absolute Gasteiger partial charge is 0.265 e. The van der Waals surface area contributed by atoms with Crippen LogP contribution in [0.25, 0.3) is 11.0 Å². The Labute approximate surface area is 109 Å². The van der Waals surface area contributed by atoms with Gasteiger partial charge in [-0.1, -0.05) is 0 Å². The molecule has 0 bridgehead atoms. The standard InChI is InChI=1S/C12H14N4OS/c1-6-8-5-9(18)11(17)16(7-3-2-4-7)10(8)15-12(13)14-6/h5,7,18H,2-4H2,1H3,(H2,13,14,15). The summed E-state index contributed by atoms with van der Waals surface area (Å²) in [5.41, 5.74) is 7.01. The predicted octanol–water partition coefficient (Wildman–Crippen LogP) is 1.70. The quantitative estimate of drug-likeness (QED) is 0.767. The number of nitrogens with zero attached hydrogens (tertiary/aromatic N) is 3. The molecule has 1 saturated carbocycles. The molecular weight excluding hydrogens is 248 g/mol. The fourth-order valence-corrected chi connectivity index (χ4v) is 2.58. The highest BCUT2D eigenvalue weighted by Gasteiger charge is 2.24. The molecule has 2 aromatic rings. The molecule has 0 amide bonds. The molecule has 0 saturated heterocycles. The van der Waals surface area contributed by atoms with E-state index in [4.69, 9.17) is 5.73 Å². The summed E-state index contributed by atoms with van der Waals surface area (Å²) in [6, 6.07) is 1.95. The summed E-state index contributed by atoms with van der Waals surface area (Å²) in [7, 11) is 0. The van der Waals surface area contributed by atoms with E-state index < -0.39 is 0 Å². The van der Waals surface area contributed by atoms with Gasteiger partial charge >= 0.3 is 0 Å². The van der Waals surface area contributed by atoms with E-state index >= 15 is 0 Å². The zero-order chi connectivity index (χ0) is 12.9. The number of nitrogen functional groups attached to an aromatic ring is 1. The van der Waals surface area contributed by atoms with Crippen molar-refractivity contribution in [2.24, 2.45) is 0 Å². The van der Waals surface area contributed by atoms with E-state index in [2.05, 4.69) is 22.6 Å². The molecule has 0 radical (unpaired) electrons. The van der Waals surface area contributed by atoms with E-state index in [-0.39, 0.29) is 17.5 Å². The lowest BCUT2D eigenvalue weighted by Gasteiger charge is -2.28. The average Bonchev–Trinajstić information content (AvgIpc) is 2.24. The van der Waals surface area contributed by atoms with Crippen molar-refractivity contribution in [1.29, 1.82) is 0 Å². The normalized spacial score (nSPS) is 15.9. The van der Waals surface area contributed by atoms with Crippen LogP contribution in [0.3, 0.4) is 0 Å². The second-order valence-electron chi connectivity index (χ2n) is 4.69. The summed E-state index contributed by atoms with van der Waals surface area (Å²) in [6.07, 6.45) is 3.17. The number of hydrogen-bond donors (Lipinski definition) is 2. The SMILES string of the molecule is Cc1nc(N)nc2c1cc(S)c(=O)n2C1CCC1. The number of aryl methyl sites for hydroxylation is 1. The third kappa shape index (κ3) is 1.59. The van der Waals surface area contributed by atoms with Crippen molar-refractivity contribution >= 4 is 29.6 Å². The number of hydrogen-bond acceptors (Lipinski definition) is 5. The van der Waals surface area contributed by atoms with E-state index in [9.17, 15) is 4.79 Å². The lowest BCUT2D eigenvalue weighted by molar-refractivity contribution is 0.311. The summed E-state index contributed by atoms with van der Waals surface area (Å²) in [5.74, 6) is 0.208.